The fourth-order valence-electron chi connectivity index (χ4n) is 2.53. The molecule has 3 N–H and O–H groups in total. The topological polar surface area (TPSA) is 75.8 Å². The van der Waals surface area contributed by atoms with Crippen molar-refractivity contribution in [2.75, 3.05) is 25.9 Å². The molecule has 5 heteroatoms. The largest absolute Gasteiger partial charge is 0.496 e. The lowest BCUT2D eigenvalue weighted by atomic mass is 9.98. The molecule has 1 aromatic rings. The maximum absolute atomic E-state index is 12.6. The molecule has 1 unspecified atom stereocenters. The van der Waals surface area contributed by atoms with E-state index in [9.17, 15) is 9.90 Å². The Morgan fingerprint density at radius 2 is 2.15 bits per heavy atom. The second-order valence-electron chi connectivity index (χ2n) is 5.60. The Labute approximate surface area is 119 Å². The molecule has 0 bridgehead atoms. The molecule has 1 amide bonds. The average molecular weight is 278 g/mol. The first-order valence-corrected chi connectivity index (χ1v) is 6.88. The molecule has 1 atom stereocenters. The monoisotopic (exact) mass is 278 g/mol. The number of nitrogens with two attached hydrogens (primary N) is 1. The molecule has 110 valence electrons. The van der Waals surface area contributed by atoms with Gasteiger partial charge in [0.15, 0.2) is 0 Å². The van der Waals surface area contributed by atoms with Crippen LogP contribution in [0.15, 0.2) is 18.2 Å². The predicted molar refractivity (Wildman–Crippen MR) is 77.8 cm³/mol. The molecule has 0 radical (unpaired) electrons. The zero-order chi connectivity index (χ0) is 14.8. The zero-order valence-corrected chi connectivity index (χ0v) is 12.1. The van der Waals surface area contributed by atoms with Crippen molar-refractivity contribution in [3.05, 3.63) is 23.8 Å². The molecule has 2 rings (SSSR count). The first kappa shape index (κ1) is 14.7. The van der Waals surface area contributed by atoms with Gasteiger partial charge in [-0.15, -0.1) is 0 Å². The van der Waals surface area contributed by atoms with Crippen molar-refractivity contribution in [1.29, 1.82) is 0 Å². The summed E-state index contributed by atoms with van der Waals surface area (Å²) in [6, 6.07) is 5.06. The van der Waals surface area contributed by atoms with Crippen LogP contribution in [0, 0.1) is 0 Å². The van der Waals surface area contributed by atoms with Gasteiger partial charge in [-0.1, -0.05) is 0 Å². The molecular formula is C15H22N2O3. The van der Waals surface area contributed by atoms with Crippen LogP contribution in [0.3, 0.4) is 0 Å². The van der Waals surface area contributed by atoms with E-state index in [2.05, 4.69) is 0 Å². The van der Waals surface area contributed by atoms with Crippen molar-refractivity contribution in [3.8, 4) is 5.75 Å². The smallest absolute Gasteiger partial charge is 0.257 e. The quantitative estimate of drug-likeness (QED) is 0.807. The molecule has 1 aliphatic rings. The molecule has 1 heterocycles. The number of methoxy groups -OCH3 is 1. The van der Waals surface area contributed by atoms with Crippen LogP contribution in [0.1, 0.15) is 36.5 Å². The highest BCUT2D eigenvalue weighted by atomic mass is 16.5. The van der Waals surface area contributed by atoms with Crippen LogP contribution in [0.5, 0.6) is 5.75 Å². The van der Waals surface area contributed by atoms with Gasteiger partial charge in [0.05, 0.1) is 18.3 Å². The number of carbonyl (C=O) groups excluding carboxylic acids is 1. The summed E-state index contributed by atoms with van der Waals surface area (Å²) in [5.74, 6) is 0.437. The summed E-state index contributed by atoms with van der Waals surface area (Å²) < 4.78 is 5.23. The van der Waals surface area contributed by atoms with Crippen molar-refractivity contribution < 1.29 is 14.6 Å². The minimum Gasteiger partial charge on any atom is -0.496 e. The Morgan fingerprint density at radius 1 is 1.40 bits per heavy atom. The molecule has 1 aromatic carbocycles. The number of nitrogen functional groups attached to an aromatic ring is 1. The molecule has 1 fully saturated rings. The van der Waals surface area contributed by atoms with Gasteiger partial charge in [-0.3, -0.25) is 4.79 Å². The van der Waals surface area contributed by atoms with E-state index in [0.29, 0.717) is 42.9 Å². The van der Waals surface area contributed by atoms with Gasteiger partial charge in [-0.05, 0) is 44.4 Å². The van der Waals surface area contributed by atoms with E-state index in [1.807, 2.05) is 6.92 Å². The number of amides is 1. The molecule has 0 spiro atoms. The molecule has 1 aliphatic heterocycles. The number of aliphatic hydroxyl groups is 1. The number of nitrogens with zero attached hydrogens (tertiary/aromatic N) is 1. The predicted octanol–water partition coefficient (Wildman–Crippen LogP) is 1.65. The molecule has 5 nitrogen and oxygen atoms in total. The molecular weight excluding hydrogens is 256 g/mol. The SMILES string of the molecule is COc1ccc(N)cc1C(=O)N1CCCC(C)(O)CC1. The average Bonchev–Trinajstić information content (AvgIpc) is 2.59. The number of anilines is 1. The van der Waals surface area contributed by atoms with Crippen LogP contribution in [-0.2, 0) is 0 Å². The van der Waals surface area contributed by atoms with Gasteiger partial charge >= 0.3 is 0 Å². The van der Waals surface area contributed by atoms with Crippen molar-refractivity contribution in [2.45, 2.75) is 31.8 Å². The van der Waals surface area contributed by atoms with Gasteiger partial charge in [-0.2, -0.15) is 0 Å². The van der Waals surface area contributed by atoms with Crippen LogP contribution >= 0.6 is 0 Å². The summed E-state index contributed by atoms with van der Waals surface area (Å²) in [5.41, 5.74) is 6.09. The zero-order valence-electron chi connectivity index (χ0n) is 12.1. The second-order valence-corrected chi connectivity index (χ2v) is 5.60. The van der Waals surface area contributed by atoms with Crippen LogP contribution in [-0.4, -0.2) is 41.7 Å². The highest BCUT2D eigenvalue weighted by molar-refractivity contribution is 5.97. The minimum absolute atomic E-state index is 0.0909. The Kier molecular flexibility index (Phi) is 4.18. The van der Waals surface area contributed by atoms with E-state index >= 15 is 0 Å². The van der Waals surface area contributed by atoms with Crippen LogP contribution in [0.2, 0.25) is 0 Å². The number of ether oxygens (including phenoxy) is 1. The van der Waals surface area contributed by atoms with E-state index in [4.69, 9.17) is 10.5 Å². The minimum atomic E-state index is -0.686. The Morgan fingerprint density at radius 3 is 2.85 bits per heavy atom. The summed E-state index contributed by atoms with van der Waals surface area (Å²) in [6.45, 7) is 3.01. The van der Waals surface area contributed by atoms with Gasteiger partial charge in [0, 0.05) is 18.8 Å². The van der Waals surface area contributed by atoms with E-state index in [1.165, 1.54) is 7.11 Å². The van der Waals surface area contributed by atoms with Gasteiger partial charge in [-0.25, -0.2) is 0 Å². The van der Waals surface area contributed by atoms with Gasteiger partial charge < -0.3 is 20.5 Å². The van der Waals surface area contributed by atoms with Crippen molar-refractivity contribution >= 4 is 11.6 Å². The second kappa shape index (κ2) is 5.71. The molecule has 0 aliphatic carbocycles. The lowest BCUT2D eigenvalue weighted by Crippen LogP contribution is -2.33. The van der Waals surface area contributed by atoms with E-state index < -0.39 is 5.60 Å². The number of benzene rings is 1. The lowest BCUT2D eigenvalue weighted by Gasteiger charge is -2.23. The number of carbonyl (C=O) groups is 1. The fraction of sp³-hybridized carbons (Fsp3) is 0.533. The van der Waals surface area contributed by atoms with Crippen LogP contribution in [0.4, 0.5) is 5.69 Å². The lowest BCUT2D eigenvalue weighted by molar-refractivity contribution is 0.0437. The van der Waals surface area contributed by atoms with E-state index in [1.54, 1.807) is 23.1 Å². The molecule has 0 aromatic heterocycles. The summed E-state index contributed by atoms with van der Waals surface area (Å²) in [6.07, 6.45) is 2.09. The van der Waals surface area contributed by atoms with E-state index in [0.717, 1.165) is 6.42 Å². The standard InChI is InChI=1S/C15H22N2O3/c1-15(19)6-3-8-17(9-7-15)14(18)12-10-11(16)4-5-13(12)20-2/h4-5,10,19H,3,6-9,16H2,1-2H3. The van der Waals surface area contributed by atoms with Gasteiger partial charge in [0.1, 0.15) is 5.75 Å². The van der Waals surface area contributed by atoms with Gasteiger partial charge in [0.25, 0.3) is 5.91 Å². The third-order valence-electron chi connectivity index (χ3n) is 3.80. The van der Waals surface area contributed by atoms with Crippen molar-refractivity contribution in [3.63, 3.8) is 0 Å². The number of rotatable bonds is 2. The summed E-state index contributed by atoms with van der Waals surface area (Å²) >= 11 is 0. The first-order chi connectivity index (χ1) is 9.43. The summed E-state index contributed by atoms with van der Waals surface area (Å²) in [7, 11) is 1.54. The maximum atomic E-state index is 12.6. The summed E-state index contributed by atoms with van der Waals surface area (Å²) in [4.78, 5) is 14.4. The third-order valence-corrected chi connectivity index (χ3v) is 3.80. The van der Waals surface area contributed by atoms with Gasteiger partial charge in [0.2, 0.25) is 0 Å². The van der Waals surface area contributed by atoms with Crippen LogP contribution in [0.25, 0.3) is 0 Å². The molecule has 0 saturated carbocycles. The normalized spacial score (nSPS) is 23.2. The first-order valence-electron chi connectivity index (χ1n) is 6.88. The highest BCUT2D eigenvalue weighted by Crippen LogP contribution is 2.26. The molecule has 20 heavy (non-hydrogen) atoms. The Hall–Kier alpha value is -1.75. The van der Waals surface area contributed by atoms with E-state index in [-0.39, 0.29) is 5.91 Å². The van der Waals surface area contributed by atoms with Crippen molar-refractivity contribution in [1.82, 2.24) is 4.90 Å². The highest BCUT2D eigenvalue weighted by Gasteiger charge is 2.28. The number of hydrogen-bond donors (Lipinski definition) is 2. The summed E-state index contributed by atoms with van der Waals surface area (Å²) in [5, 5.41) is 10.1. The molecule has 1 saturated heterocycles. The fourth-order valence-corrected chi connectivity index (χ4v) is 2.53. The third kappa shape index (κ3) is 3.22. The van der Waals surface area contributed by atoms with Crippen LogP contribution < -0.4 is 10.5 Å². The Balaban J connectivity index is 2.21. The maximum Gasteiger partial charge on any atom is 0.257 e. The number of likely N-dealkylation sites (tertiary alicyclic amines) is 1. The van der Waals surface area contributed by atoms with Crippen molar-refractivity contribution in [2.24, 2.45) is 0 Å². The Bertz CT molecular complexity index is 500. The number of hydrogen-bond acceptors (Lipinski definition) is 4.